The maximum atomic E-state index is 13.1. The minimum absolute atomic E-state index is 0.0196. The molecule has 30 heavy (non-hydrogen) atoms. The summed E-state index contributed by atoms with van der Waals surface area (Å²) in [5, 5.41) is 0.850. The van der Waals surface area contributed by atoms with Crippen molar-refractivity contribution in [2.75, 3.05) is 31.6 Å². The summed E-state index contributed by atoms with van der Waals surface area (Å²) in [6.45, 7) is 4.02. The molecule has 156 valence electrons. The second-order valence-corrected chi connectivity index (χ2v) is 8.02. The Kier molecular flexibility index (Phi) is 5.94. The van der Waals surface area contributed by atoms with E-state index in [1.807, 2.05) is 24.0 Å². The normalized spacial score (nSPS) is 16.6. The number of hydrogen-bond donors (Lipinski definition) is 0. The van der Waals surface area contributed by atoms with E-state index >= 15 is 0 Å². The summed E-state index contributed by atoms with van der Waals surface area (Å²) in [5.74, 6) is 1.04. The second-order valence-electron chi connectivity index (χ2n) is 7.29. The summed E-state index contributed by atoms with van der Waals surface area (Å²) in [6.07, 6.45) is 0.568. The standard InChI is InChI=1S/C22H23FN4O2S/c1-15-14-26(11-12-27(15)21(28)18-5-3-4-6-19(18)29-2)22-24-20(25-30-22)13-16-7-9-17(23)10-8-16/h3-10,15H,11-14H2,1-2H3. The topological polar surface area (TPSA) is 58.6 Å². The molecule has 1 aromatic heterocycles. The molecule has 0 radical (unpaired) electrons. The number of aromatic nitrogens is 2. The number of carbonyl (C=O) groups is 1. The molecule has 0 N–H and O–H groups in total. The van der Waals surface area contributed by atoms with Gasteiger partial charge in [-0.1, -0.05) is 24.3 Å². The van der Waals surface area contributed by atoms with Crippen LogP contribution in [-0.4, -0.2) is 53.0 Å². The maximum Gasteiger partial charge on any atom is 0.257 e. The van der Waals surface area contributed by atoms with E-state index in [9.17, 15) is 9.18 Å². The third-order valence-corrected chi connectivity index (χ3v) is 6.04. The first-order valence-corrected chi connectivity index (χ1v) is 10.6. The summed E-state index contributed by atoms with van der Waals surface area (Å²) >= 11 is 1.36. The lowest BCUT2D eigenvalue weighted by Gasteiger charge is -2.39. The number of piperazine rings is 1. The van der Waals surface area contributed by atoms with Gasteiger partial charge in [-0.2, -0.15) is 4.37 Å². The molecular formula is C22H23FN4O2S. The number of halogens is 1. The highest BCUT2D eigenvalue weighted by molar-refractivity contribution is 7.09. The molecule has 4 rings (SSSR count). The van der Waals surface area contributed by atoms with Gasteiger partial charge in [0.15, 0.2) is 0 Å². The Labute approximate surface area is 179 Å². The third-order valence-electron chi connectivity index (χ3n) is 5.23. The molecule has 1 unspecified atom stereocenters. The molecule has 2 heterocycles. The highest BCUT2D eigenvalue weighted by Crippen LogP contribution is 2.25. The van der Waals surface area contributed by atoms with Gasteiger partial charge in [0.05, 0.1) is 12.7 Å². The van der Waals surface area contributed by atoms with Crippen LogP contribution in [0.4, 0.5) is 9.52 Å². The van der Waals surface area contributed by atoms with Crippen molar-refractivity contribution < 1.29 is 13.9 Å². The largest absolute Gasteiger partial charge is 0.496 e. The third kappa shape index (κ3) is 4.28. The monoisotopic (exact) mass is 426 g/mol. The number of methoxy groups -OCH3 is 1. The zero-order valence-electron chi connectivity index (χ0n) is 16.9. The molecule has 0 aliphatic carbocycles. The van der Waals surface area contributed by atoms with Crippen LogP contribution < -0.4 is 9.64 Å². The fourth-order valence-electron chi connectivity index (χ4n) is 3.64. The minimum atomic E-state index is -0.250. The van der Waals surface area contributed by atoms with Crippen LogP contribution >= 0.6 is 11.5 Å². The van der Waals surface area contributed by atoms with Gasteiger partial charge in [0.2, 0.25) is 5.13 Å². The van der Waals surface area contributed by atoms with Crippen LogP contribution in [0.5, 0.6) is 5.75 Å². The smallest absolute Gasteiger partial charge is 0.257 e. The molecule has 6 nitrogen and oxygen atoms in total. The lowest BCUT2D eigenvalue weighted by atomic mass is 10.1. The van der Waals surface area contributed by atoms with Crippen LogP contribution in [-0.2, 0) is 6.42 Å². The van der Waals surface area contributed by atoms with Gasteiger partial charge in [0.25, 0.3) is 5.91 Å². The highest BCUT2D eigenvalue weighted by atomic mass is 32.1. The molecule has 1 aliphatic heterocycles. The van der Waals surface area contributed by atoms with Crippen LogP contribution in [0, 0.1) is 5.82 Å². The molecule has 0 bridgehead atoms. The van der Waals surface area contributed by atoms with E-state index in [2.05, 4.69) is 14.3 Å². The van der Waals surface area contributed by atoms with Crippen molar-refractivity contribution in [3.8, 4) is 5.75 Å². The van der Waals surface area contributed by atoms with Gasteiger partial charge in [-0.3, -0.25) is 4.79 Å². The quantitative estimate of drug-likeness (QED) is 0.624. The Bertz CT molecular complexity index is 1020. The van der Waals surface area contributed by atoms with Crippen molar-refractivity contribution in [3.63, 3.8) is 0 Å². The number of hydrogen-bond acceptors (Lipinski definition) is 6. The van der Waals surface area contributed by atoms with Crippen LogP contribution in [0.15, 0.2) is 48.5 Å². The van der Waals surface area contributed by atoms with Gasteiger partial charge < -0.3 is 14.5 Å². The molecule has 0 saturated carbocycles. The molecule has 1 amide bonds. The Hall–Kier alpha value is -3.00. The molecule has 8 heteroatoms. The lowest BCUT2D eigenvalue weighted by molar-refractivity contribution is 0.0670. The minimum Gasteiger partial charge on any atom is -0.496 e. The van der Waals surface area contributed by atoms with E-state index < -0.39 is 0 Å². The van der Waals surface area contributed by atoms with Crippen molar-refractivity contribution >= 4 is 22.6 Å². The van der Waals surface area contributed by atoms with Crippen molar-refractivity contribution in [3.05, 3.63) is 71.3 Å². The average Bonchev–Trinajstić information content (AvgIpc) is 3.23. The first-order chi connectivity index (χ1) is 14.5. The summed E-state index contributed by atoms with van der Waals surface area (Å²) in [5.41, 5.74) is 1.55. The zero-order valence-corrected chi connectivity index (χ0v) is 17.7. The number of benzene rings is 2. The van der Waals surface area contributed by atoms with Crippen LogP contribution in [0.25, 0.3) is 0 Å². The number of nitrogens with zero attached hydrogens (tertiary/aromatic N) is 4. The molecule has 1 fully saturated rings. The fraction of sp³-hybridized carbons (Fsp3) is 0.318. The van der Waals surface area contributed by atoms with Crippen LogP contribution in [0.3, 0.4) is 0 Å². The predicted octanol–water partition coefficient (Wildman–Crippen LogP) is 3.63. The van der Waals surface area contributed by atoms with Crippen molar-refractivity contribution in [1.29, 1.82) is 0 Å². The number of anilines is 1. The Balaban J connectivity index is 1.41. The van der Waals surface area contributed by atoms with Crippen molar-refractivity contribution in [1.82, 2.24) is 14.3 Å². The van der Waals surface area contributed by atoms with E-state index in [1.165, 1.54) is 23.7 Å². The number of rotatable bonds is 5. The highest BCUT2D eigenvalue weighted by Gasteiger charge is 2.30. The number of carbonyl (C=O) groups excluding carboxylic acids is 1. The maximum absolute atomic E-state index is 13.1. The Morgan fingerprint density at radius 1 is 1.20 bits per heavy atom. The zero-order chi connectivity index (χ0) is 21.1. The molecule has 0 spiro atoms. The summed E-state index contributed by atoms with van der Waals surface area (Å²) in [6, 6.07) is 13.7. The summed E-state index contributed by atoms with van der Waals surface area (Å²) in [7, 11) is 1.58. The van der Waals surface area contributed by atoms with E-state index in [-0.39, 0.29) is 17.8 Å². The SMILES string of the molecule is COc1ccccc1C(=O)N1CCN(c2nc(Cc3ccc(F)cc3)ns2)CC1C. The van der Waals surface area contributed by atoms with Gasteiger partial charge >= 0.3 is 0 Å². The van der Waals surface area contributed by atoms with Crippen molar-refractivity contribution in [2.24, 2.45) is 0 Å². The van der Waals surface area contributed by atoms with Crippen molar-refractivity contribution in [2.45, 2.75) is 19.4 Å². The molecule has 1 aliphatic rings. The van der Waals surface area contributed by atoms with Crippen LogP contribution in [0.1, 0.15) is 28.7 Å². The summed E-state index contributed by atoms with van der Waals surface area (Å²) in [4.78, 5) is 21.8. The fourth-order valence-corrected chi connectivity index (χ4v) is 4.36. The summed E-state index contributed by atoms with van der Waals surface area (Å²) < 4.78 is 22.9. The molecule has 1 saturated heterocycles. The molecule has 2 aromatic carbocycles. The predicted molar refractivity (Wildman–Crippen MR) is 115 cm³/mol. The first kappa shape index (κ1) is 20.3. The van der Waals surface area contributed by atoms with E-state index in [0.29, 0.717) is 37.4 Å². The first-order valence-electron chi connectivity index (χ1n) is 9.81. The lowest BCUT2D eigenvalue weighted by Crippen LogP contribution is -2.54. The molecule has 1 atom stereocenters. The Morgan fingerprint density at radius 2 is 1.97 bits per heavy atom. The number of para-hydroxylation sites is 1. The molecular weight excluding hydrogens is 403 g/mol. The number of amides is 1. The Morgan fingerprint density at radius 3 is 2.70 bits per heavy atom. The van der Waals surface area contributed by atoms with E-state index in [0.717, 1.165) is 16.5 Å². The van der Waals surface area contributed by atoms with E-state index in [4.69, 9.17) is 4.74 Å². The average molecular weight is 427 g/mol. The number of ether oxygens (including phenoxy) is 1. The van der Waals surface area contributed by atoms with Gasteiger partial charge in [-0.25, -0.2) is 9.37 Å². The second kappa shape index (κ2) is 8.79. The van der Waals surface area contributed by atoms with Gasteiger partial charge in [-0.15, -0.1) is 0 Å². The van der Waals surface area contributed by atoms with Gasteiger partial charge in [0.1, 0.15) is 17.4 Å². The van der Waals surface area contributed by atoms with E-state index in [1.54, 1.807) is 31.4 Å². The van der Waals surface area contributed by atoms with Crippen LogP contribution in [0.2, 0.25) is 0 Å². The van der Waals surface area contributed by atoms with Gasteiger partial charge in [-0.05, 0) is 36.8 Å². The van der Waals surface area contributed by atoms with Gasteiger partial charge in [0, 0.05) is 43.6 Å². The molecule has 3 aromatic rings.